The lowest BCUT2D eigenvalue weighted by Crippen LogP contribution is -2.38. The van der Waals surface area contributed by atoms with Crippen molar-refractivity contribution in [2.45, 2.75) is 19.4 Å². The number of ether oxygens (including phenoxy) is 1. The fourth-order valence-electron chi connectivity index (χ4n) is 1.46. The third-order valence-electron chi connectivity index (χ3n) is 2.42. The highest BCUT2D eigenvalue weighted by Gasteiger charge is 2.00. The van der Waals surface area contributed by atoms with Gasteiger partial charge in [0.2, 0.25) is 0 Å². The van der Waals surface area contributed by atoms with Crippen molar-refractivity contribution in [3.63, 3.8) is 0 Å². The fraction of sp³-hybridized carbons (Fsp3) is 0.667. The second-order valence-corrected chi connectivity index (χ2v) is 4.71. The van der Waals surface area contributed by atoms with Crippen molar-refractivity contribution >= 4 is 11.3 Å². The quantitative estimate of drug-likeness (QED) is 0.644. The van der Waals surface area contributed by atoms with Crippen molar-refractivity contribution in [1.82, 2.24) is 10.6 Å². The molecule has 1 atom stereocenters. The van der Waals surface area contributed by atoms with Crippen molar-refractivity contribution in [3.8, 4) is 0 Å². The summed E-state index contributed by atoms with van der Waals surface area (Å²) in [4.78, 5) is 0. The van der Waals surface area contributed by atoms with Gasteiger partial charge in [-0.25, -0.2) is 0 Å². The van der Waals surface area contributed by atoms with Crippen molar-refractivity contribution in [2.75, 3.05) is 33.4 Å². The third kappa shape index (κ3) is 6.23. The molecule has 0 amide bonds. The maximum atomic E-state index is 4.97. The first kappa shape index (κ1) is 13.6. The number of hydrogen-bond acceptors (Lipinski definition) is 4. The van der Waals surface area contributed by atoms with E-state index in [4.69, 9.17) is 4.74 Å². The predicted octanol–water partition coefficient (Wildman–Crippen LogP) is 1.50. The second-order valence-electron chi connectivity index (χ2n) is 3.93. The van der Waals surface area contributed by atoms with Gasteiger partial charge in [-0.2, -0.15) is 11.3 Å². The molecule has 1 aromatic rings. The first-order valence-corrected chi connectivity index (χ1v) is 6.71. The van der Waals surface area contributed by atoms with Crippen LogP contribution in [0.5, 0.6) is 0 Å². The molecule has 2 N–H and O–H groups in total. The number of hydrogen-bond donors (Lipinski definition) is 2. The molecule has 0 aromatic carbocycles. The molecule has 1 heterocycles. The first-order chi connectivity index (χ1) is 7.83. The summed E-state index contributed by atoms with van der Waals surface area (Å²) in [6, 6.07) is 2.70. The van der Waals surface area contributed by atoms with Crippen LogP contribution in [0.3, 0.4) is 0 Å². The number of nitrogens with one attached hydrogen (secondary N) is 2. The lowest BCUT2D eigenvalue weighted by atomic mass is 10.2. The van der Waals surface area contributed by atoms with E-state index < -0.39 is 0 Å². The average Bonchev–Trinajstić information content (AvgIpc) is 2.77. The molecule has 0 aliphatic carbocycles. The van der Waals surface area contributed by atoms with E-state index in [0.29, 0.717) is 6.04 Å². The van der Waals surface area contributed by atoms with Crippen LogP contribution in [0.1, 0.15) is 12.5 Å². The Hall–Kier alpha value is -0.420. The Morgan fingerprint density at radius 2 is 2.31 bits per heavy atom. The minimum Gasteiger partial charge on any atom is -0.383 e. The Labute approximate surface area is 102 Å². The first-order valence-electron chi connectivity index (χ1n) is 5.77. The van der Waals surface area contributed by atoms with Gasteiger partial charge in [0.25, 0.3) is 0 Å². The second kappa shape index (κ2) is 8.70. The molecule has 0 aliphatic heterocycles. The maximum Gasteiger partial charge on any atom is 0.0587 e. The molecular formula is C12H22N2OS. The molecule has 0 saturated carbocycles. The Morgan fingerprint density at radius 1 is 1.44 bits per heavy atom. The number of methoxy groups -OCH3 is 1. The topological polar surface area (TPSA) is 33.3 Å². The summed E-state index contributed by atoms with van der Waals surface area (Å²) in [7, 11) is 1.73. The monoisotopic (exact) mass is 242 g/mol. The summed E-state index contributed by atoms with van der Waals surface area (Å²) in [5.74, 6) is 0. The zero-order valence-electron chi connectivity index (χ0n) is 10.2. The molecular weight excluding hydrogens is 220 g/mol. The molecule has 0 saturated heterocycles. The zero-order valence-corrected chi connectivity index (χ0v) is 11.0. The van der Waals surface area contributed by atoms with Crippen molar-refractivity contribution in [3.05, 3.63) is 22.4 Å². The van der Waals surface area contributed by atoms with Crippen molar-refractivity contribution in [1.29, 1.82) is 0 Å². The molecule has 0 spiro atoms. The van der Waals surface area contributed by atoms with E-state index in [-0.39, 0.29) is 0 Å². The van der Waals surface area contributed by atoms with Gasteiger partial charge in [-0.15, -0.1) is 0 Å². The van der Waals surface area contributed by atoms with Crippen molar-refractivity contribution < 1.29 is 4.74 Å². The Morgan fingerprint density at radius 3 is 3.00 bits per heavy atom. The number of thiophene rings is 1. The lowest BCUT2D eigenvalue weighted by Gasteiger charge is -2.14. The summed E-state index contributed by atoms with van der Waals surface area (Å²) >= 11 is 1.76. The fourth-order valence-corrected chi connectivity index (χ4v) is 2.17. The van der Waals surface area contributed by atoms with Gasteiger partial charge in [-0.3, -0.25) is 0 Å². The van der Waals surface area contributed by atoms with E-state index in [9.17, 15) is 0 Å². The molecule has 3 nitrogen and oxygen atoms in total. The Bertz CT molecular complexity index is 252. The van der Waals surface area contributed by atoms with Crippen LogP contribution >= 0.6 is 11.3 Å². The molecule has 0 aliphatic rings. The summed E-state index contributed by atoms with van der Waals surface area (Å²) in [5.41, 5.74) is 1.43. The van der Waals surface area contributed by atoms with Crippen LogP contribution < -0.4 is 10.6 Å². The third-order valence-corrected chi connectivity index (χ3v) is 3.15. The summed E-state index contributed by atoms with van der Waals surface area (Å²) in [5, 5.41) is 11.2. The maximum absolute atomic E-state index is 4.97. The van der Waals surface area contributed by atoms with Gasteiger partial charge in [0.05, 0.1) is 6.61 Å². The van der Waals surface area contributed by atoms with Gasteiger partial charge in [0.15, 0.2) is 0 Å². The standard InChI is InChI=1S/C12H22N2OS/c1-11(9-13-6-7-15-2)14-5-3-12-4-8-16-10-12/h4,8,10-11,13-14H,3,5-7,9H2,1-2H3. The molecule has 0 bridgehead atoms. The Kier molecular flexibility index (Phi) is 7.42. The van der Waals surface area contributed by atoms with Gasteiger partial charge in [-0.1, -0.05) is 0 Å². The van der Waals surface area contributed by atoms with Crippen LogP contribution in [0.25, 0.3) is 0 Å². The summed E-state index contributed by atoms with van der Waals surface area (Å²) in [6.07, 6.45) is 1.12. The summed E-state index contributed by atoms with van der Waals surface area (Å²) in [6.45, 7) is 5.94. The predicted molar refractivity (Wildman–Crippen MR) is 70.2 cm³/mol. The van der Waals surface area contributed by atoms with E-state index in [1.165, 1.54) is 5.56 Å². The minimum absolute atomic E-state index is 0.510. The molecule has 1 aromatic heterocycles. The highest BCUT2D eigenvalue weighted by atomic mass is 32.1. The minimum atomic E-state index is 0.510. The molecule has 4 heteroatoms. The van der Waals surface area contributed by atoms with Crippen LogP contribution in [0.2, 0.25) is 0 Å². The molecule has 92 valence electrons. The normalized spacial score (nSPS) is 12.9. The average molecular weight is 242 g/mol. The van der Waals surface area contributed by atoms with E-state index in [1.807, 2.05) is 0 Å². The smallest absolute Gasteiger partial charge is 0.0587 e. The van der Waals surface area contributed by atoms with Crippen LogP contribution in [0.4, 0.5) is 0 Å². The van der Waals surface area contributed by atoms with Gasteiger partial charge in [0, 0.05) is 26.2 Å². The molecule has 1 rings (SSSR count). The van der Waals surface area contributed by atoms with E-state index >= 15 is 0 Å². The van der Waals surface area contributed by atoms with E-state index in [2.05, 4.69) is 34.4 Å². The van der Waals surface area contributed by atoms with Crippen LogP contribution in [0.15, 0.2) is 16.8 Å². The molecule has 0 radical (unpaired) electrons. The molecule has 16 heavy (non-hydrogen) atoms. The van der Waals surface area contributed by atoms with Crippen LogP contribution in [-0.2, 0) is 11.2 Å². The SMILES string of the molecule is COCCNCC(C)NCCc1ccsc1. The van der Waals surface area contributed by atoms with Gasteiger partial charge in [0.1, 0.15) is 0 Å². The van der Waals surface area contributed by atoms with Crippen LogP contribution in [0, 0.1) is 0 Å². The largest absolute Gasteiger partial charge is 0.383 e. The highest BCUT2D eigenvalue weighted by molar-refractivity contribution is 7.07. The van der Waals surface area contributed by atoms with Crippen LogP contribution in [-0.4, -0.2) is 39.4 Å². The molecule has 1 unspecified atom stereocenters. The van der Waals surface area contributed by atoms with Gasteiger partial charge in [-0.05, 0) is 42.3 Å². The summed E-state index contributed by atoms with van der Waals surface area (Å²) < 4.78 is 4.97. The lowest BCUT2D eigenvalue weighted by molar-refractivity contribution is 0.198. The molecule has 0 fully saturated rings. The Balaban J connectivity index is 1.95. The van der Waals surface area contributed by atoms with Gasteiger partial charge >= 0.3 is 0 Å². The van der Waals surface area contributed by atoms with Gasteiger partial charge < -0.3 is 15.4 Å². The number of rotatable bonds is 9. The highest BCUT2D eigenvalue weighted by Crippen LogP contribution is 2.05. The van der Waals surface area contributed by atoms with E-state index in [0.717, 1.165) is 32.7 Å². The van der Waals surface area contributed by atoms with Crippen molar-refractivity contribution in [2.24, 2.45) is 0 Å². The zero-order chi connectivity index (χ0) is 11.6. The van der Waals surface area contributed by atoms with E-state index in [1.54, 1.807) is 18.4 Å².